The summed E-state index contributed by atoms with van der Waals surface area (Å²) in [7, 11) is 0. The quantitative estimate of drug-likeness (QED) is 0.640. The fourth-order valence-corrected chi connectivity index (χ4v) is 1.84. The van der Waals surface area contributed by atoms with Gasteiger partial charge in [-0.1, -0.05) is 26.7 Å². The zero-order valence-corrected chi connectivity index (χ0v) is 11.2. The molecule has 0 radical (unpaired) electrons. The van der Waals surface area contributed by atoms with Crippen LogP contribution in [-0.4, -0.2) is 35.2 Å². The molecule has 0 N–H and O–H groups in total. The van der Waals surface area contributed by atoms with E-state index in [-0.39, 0.29) is 12.3 Å². The van der Waals surface area contributed by atoms with Gasteiger partial charge >= 0.3 is 5.97 Å². The lowest BCUT2D eigenvalue weighted by Gasteiger charge is -2.31. The fraction of sp³-hybridized carbons (Fsp3) is 0.769. The molecule has 1 aliphatic rings. The Morgan fingerprint density at radius 1 is 1.12 bits per heavy atom. The molecule has 0 saturated carbocycles. The Balaban J connectivity index is 2.53. The van der Waals surface area contributed by atoms with E-state index in [0.29, 0.717) is 0 Å². The van der Waals surface area contributed by atoms with E-state index in [9.17, 15) is 4.79 Å². The summed E-state index contributed by atoms with van der Waals surface area (Å²) < 4.78 is 5.38. The van der Waals surface area contributed by atoms with Gasteiger partial charge in [0.05, 0.1) is 0 Å². The largest absolute Gasteiger partial charge is 0.423 e. The summed E-state index contributed by atoms with van der Waals surface area (Å²) in [4.78, 5) is 15.3. The van der Waals surface area contributed by atoms with Gasteiger partial charge in [0.25, 0.3) is 6.35 Å². The van der Waals surface area contributed by atoms with Crippen LogP contribution in [0.15, 0.2) is 12.4 Å². The minimum Gasteiger partial charge on any atom is -0.423 e. The lowest BCUT2D eigenvalue weighted by atomic mass is 10.3. The van der Waals surface area contributed by atoms with Crippen molar-refractivity contribution in [3.63, 3.8) is 0 Å². The van der Waals surface area contributed by atoms with Crippen LogP contribution >= 0.6 is 0 Å². The van der Waals surface area contributed by atoms with E-state index in [1.807, 2.05) is 12.4 Å². The molecule has 4 nitrogen and oxygen atoms in total. The van der Waals surface area contributed by atoms with Crippen LogP contribution in [0, 0.1) is 0 Å². The van der Waals surface area contributed by atoms with Crippen LogP contribution in [0.2, 0.25) is 0 Å². The first-order chi connectivity index (χ1) is 8.19. The van der Waals surface area contributed by atoms with Crippen molar-refractivity contribution in [3.8, 4) is 0 Å². The van der Waals surface area contributed by atoms with Crippen LogP contribution in [-0.2, 0) is 9.53 Å². The smallest absolute Gasteiger partial charge is 0.305 e. The Labute approximate surface area is 104 Å². The molecule has 0 aliphatic carbocycles. The van der Waals surface area contributed by atoms with Gasteiger partial charge in [0.2, 0.25) is 0 Å². The van der Waals surface area contributed by atoms with E-state index < -0.39 is 0 Å². The fourth-order valence-electron chi connectivity index (χ4n) is 1.84. The molecule has 1 heterocycles. The predicted molar refractivity (Wildman–Crippen MR) is 67.9 cm³/mol. The number of ether oxygens (including phenoxy) is 1. The monoisotopic (exact) mass is 240 g/mol. The number of rotatable bonds is 7. The van der Waals surface area contributed by atoms with E-state index in [4.69, 9.17) is 4.74 Å². The average Bonchev–Trinajstić information content (AvgIpc) is 2.65. The number of hydrogen-bond donors (Lipinski definition) is 0. The van der Waals surface area contributed by atoms with Crippen LogP contribution in [0.4, 0.5) is 0 Å². The van der Waals surface area contributed by atoms with Crippen molar-refractivity contribution in [2.24, 2.45) is 0 Å². The van der Waals surface area contributed by atoms with Gasteiger partial charge in [-0.25, -0.2) is 0 Å². The number of carbonyl (C=O) groups excluding carboxylic acids is 1. The minimum absolute atomic E-state index is 0.221. The molecule has 0 fully saturated rings. The third-order valence-electron chi connectivity index (χ3n) is 2.83. The van der Waals surface area contributed by atoms with Crippen molar-refractivity contribution >= 4 is 5.97 Å². The molecule has 1 rings (SSSR count). The van der Waals surface area contributed by atoms with Crippen LogP contribution < -0.4 is 0 Å². The summed E-state index contributed by atoms with van der Waals surface area (Å²) in [6.07, 6.45) is 8.34. The second-order valence-corrected chi connectivity index (χ2v) is 4.42. The molecule has 17 heavy (non-hydrogen) atoms. The van der Waals surface area contributed by atoms with Crippen LogP contribution in [0.3, 0.4) is 0 Å². The number of hydrogen-bond acceptors (Lipinski definition) is 4. The first-order valence-corrected chi connectivity index (χ1v) is 6.56. The Morgan fingerprint density at radius 2 is 1.59 bits per heavy atom. The molecule has 0 aromatic heterocycles. The zero-order valence-electron chi connectivity index (χ0n) is 11.2. The summed E-state index contributed by atoms with van der Waals surface area (Å²) >= 11 is 0. The lowest BCUT2D eigenvalue weighted by Crippen LogP contribution is -2.42. The van der Waals surface area contributed by atoms with E-state index in [1.165, 1.54) is 6.92 Å². The minimum atomic E-state index is -0.231. The highest BCUT2D eigenvalue weighted by atomic mass is 16.6. The SMILES string of the molecule is CCCCN1C=CN(CCCC)C1OC(C)=O. The summed E-state index contributed by atoms with van der Waals surface area (Å²) in [5.74, 6) is -0.221. The van der Waals surface area contributed by atoms with Gasteiger partial charge in [0.1, 0.15) is 0 Å². The average molecular weight is 240 g/mol. The topological polar surface area (TPSA) is 32.8 Å². The highest BCUT2D eigenvalue weighted by Crippen LogP contribution is 2.18. The molecule has 0 bridgehead atoms. The number of unbranched alkanes of at least 4 members (excludes halogenated alkanes) is 2. The molecule has 0 aromatic carbocycles. The summed E-state index contributed by atoms with van der Waals surface area (Å²) in [5, 5.41) is 0. The van der Waals surface area contributed by atoms with E-state index in [2.05, 4.69) is 23.6 Å². The predicted octanol–water partition coefficient (Wildman–Crippen LogP) is 2.52. The maximum Gasteiger partial charge on any atom is 0.305 e. The first kappa shape index (κ1) is 13.9. The first-order valence-electron chi connectivity index (χ1n) is 6.56. The summed E-state index contributed by atoms with van der Waals surface area (Å²) in [6.45, 7) is 7.67. The zero-order chi connectivity index (χ0) is 12.7. The molecule has 1 aliphatic heterocycles. The molecule has 4 heteroatoms. The standard InChI is InChI=1S/C13H24N2O2/c1-4-6-8-14-10-11-15(9-7-5-2)13(14)17-12(3)16/h10-11,13H,4-9H2,1-3H3. The van der Waals surface area contributed by atoms with Crippen LogP contribution in [0.25, 0.3) is 0 Å². The number of nitrogens with zero attached hydrogens (tertiary/aromatic N) is 2. The van der Waals surface area contributed by atoms with Gasteiger partial charge in [0.15, 0.2) is 0 Å². The van der Waals surface area contributed by atoms with Crippen LogP contribution in [0.1, 0.15) is 46.5 Å². The highest BCUT2D eigenvalue weighted by molar-refractivity contribution is 5.66. The van der Waals surface area contributed by atoms with Crippen molar-refractivity contribution in [2.75, 3.05) is 13.1 Å². The van der Waals surface area contributed by atoms with Crippen molar-refractivity contribution in [3.05, 3.63) is 12.4 Å². The second-order valence-electron chi connectivity index (χ2n) is 4.42. The maximum absolute atomic E-state index is 11.1. The van der Waals surface area contributed by atoms with E-state index in [1.54, 1.807) is 0 Å². The molecule has 0 aromatic rings. The van der Waals surface area contributed by atoms with E-state index >= 15 is 0 Å². The highest BCUT2D eigenvalue weighted by Gasteiger charge is 2.27. The summed E-state index contributed by atoms with van der Waals surface area (Å²) in [5.41, 5.74) is 0. The molecular weight excluding hydrogens is 216 g/mol. The maximum atomic E-state index is 11.1. The van der Waals surface area contributed by atoms with Crippen molar-refractivity contribution < 1.29 is 9.53 Å². The third kappa shape index (κ3) is 4.29. The van der Waals surface area contributed by atoms with Gasteiger partial charge in [-0.05, 0) is 12.8 Å². The molecule has 0 amide bonds. The van der Waals surface area contributed by atoms with Crippen LogP contribution in [0.5, 0.6) is 0 Å². The Kier molecular flexibility index (Phi) is 5.87. The molecular formula is C13H24N2O2. The van der Waals surface area contributed by atoms with Gasteiger partial charge in [-0.2, -0.15) is 0 Å². The molecule has 0 spiro atoms. The van der Waals surface area contributed by atoms with Gasteiger partial charge in [-0.15, -0.1) is 0 Å². The molecule has 0 atom stereocenters. The third-order valence-corrected chi connectivity index (χ3v) is 2.83. The van der Waals surface area contributed by atoms with Gasteiger partial charge in [0, 0.05) is 32.4 Å². The van der Waals surface area contributed by atoms with E-state index in [0.717, 1.165) is 38.8 Å². The number of esters is 1. The van der Waals surface area contributed by atoms with Crippen molar-refractivity contribution in [2.45, 2.75) is 52.8 Å². The second kappa shape index (κ2) is 7.20. The Morgan fingerprint density at radius 3 is 1.94 bits per heavy atom. The molecule has 0 unspecified atom stereocenters. The molecule has 98 valence electrons. The summed E-state index contributed by atoms with van der Waals surface area (Å²) in [6, 6.07) is 0. The molecule has 0 saturated heterocycles. The Hall–Kier alpha value is -1.19. The van der Waals surface area contributed by atoms with Crippen molar-refractivity contribution in [1.29, 1.82) is 0 Å². The normalized spacial score (nSPS) is 15.7. The Bertz CT molecular complexity index is 248. The van der Waals surface area contributed by atoms with Crippen molar-refractivity contribution in [1.82, 2.24) is 9.80 Å². The van der Waals surface area contributed by atoms with Gasteiger partial charge in [-0.3, -0.25) is 4.79 Å². The number of carbonyl (C=O) groups is 1. The lowest BCUT2D eigenvalue weighted by molar-refractivity contribution is -0.166. The van der Waals surface area contributed by atoms with Gasteiger partial charge < -0.3 is 14.5 Å².